The SMILES string of the molecule is COc1cccc(CCC(=O)N(C)Cc2cc(C(=O)O)c(C)o2)c1. The molecule has 0 bridgehead atoms. The Morgan fingerprint density at radius 2 is 2.04 bits per heavy atom. The lowest BCUT2D eigenvalue weighted by Gasteiger charge is -2.15. The molecule has 2 rings (SSSR count). The van der Waals surface area contributed by atoms with Gasteiger partial charge in [-0.1, -0.05) is 12.1 Å². The van der Waals surface area contributed by atoms with Crippen molar-refractivity contribution in [3.05, 3.63) is 53.0 Å². The maximum Gasteiger partial charge on any atom is 0.339 e. The van der Waals surface area contributed by atoms with Gasteiger partial charge in [-0.2, -0.15) is 0 Å². The molecule has 0 unspecified atom stereocenters. The van der Waals surface area contributed by atoms with Gasteiger partial charge in [-0.25, -0.2) is 4.79 Å². The van der Waals surface area contributed by atoms with Crippen molar-refractivity contribution in [3.63, 3.8) is 0 Å². The van der Waals surface area contributed by atoms with Crippen LogP contribution in [0.1, 0.15) is 33.9 Å². The molecule has 1 aromatic carbocycles. The molecule has 6 nitrogen and oxygen atoms in total. The molecule has 0 spiro atoms. The number of ether oxygens (including phenoxy) is 1. The van der Waals surface area contributed by atoms with Crippen LogP contribution in [0, 0.1) is 6.92 Å². The standard InChI is InChI=1S/C18H21NO5/c1-12-16(18(21)22)10-15(24-12)11-19(2)17(20)8-7-13-5-4-6-14(9-13)23-3/h4-6,9-10H,7-8,11H2,1-3H3,(H,21,22). The topological polar surface area (TPSA) is 80.0 Å². The number of rotatable bonds is 7. The van der Waals surface area contributed by atoms with Crippen molar-refractivity contribution in [3.8, 4) is 5.75 Å². The van der Waals surface area contributed by atoms with Crippen molar-refractivity contribution in [2.24, 2.45) is 0 Å². The first-order chi connectivity index (χ1) is 11.4. The van der Waals surface area contributed by atoms with E-state index in [-0.39, 0.29) is 18.0 Å². The summed E-state index contributed by atoms with van der Waals surface area (Å²) in [5.74, 6) is 0.496. The van der Waals surface area contributed by atoms with Crippen molar-refractivity contribution in [1.29, 1.82) is 0 Å². The molecule has 1 N–H and O–H groups in total. The smallest absolute Gasteiger partial charge is 0.339 e. The fourth-order valence-electron chi connectivity index (χ4n) is 2.43. The Bertz CT molecular complexity index is 735. The molecule has 0 saturated heterocycles. The third-order valence-corrected chi connectivity index (χ3v) is 3.78. The number of carbonyl (C=O) groups excluding carboxylic acids is 1. The van der Waals surface area contributed by atoms with Crippen molar-refractivity contribution >= 4 is 11.9 Å². The fourth-order valence-corrected chi connectivity index (χ4v) is 2.43. The van der Waals surface area contributed by atoms with Crippen LogP contribution in [0.5, 0.6) is 5.75 Å². The summed E-state index contributed by atoms with van der Waals surface area (Å²) < 4.78 is 10.6. The van der Waals surface area contributed by atoms with E-state index in [2.05, 4.69) is 0 Å². The van der Waals surface area contributed by atoms with Crippen LogP contribution in [0.3, 0.4) is 0 Å². The summed E-state index contributed by atoms with van der Waals surface area (Å²) in [6.45, 7) is 1.84. The molecule has 0 fully saturated rings. The number of carboxylic acids is 1. The molecule has 0 aliphatic carbocycles. The van der Waals surface area contributed by atoms with Crippen molar-refractivity contribution in [2.75, 3.05) is 14.2 Å². The Kier molecular flexibility index (Phi) is 5.63. The minimum Gasteiger partial charge on any atom is -0.497 e. The zero-order valence-electron chi connectivity index (χ0n) is 14.0. The molecule has 6 heteroatoms. The molecule has 1 aromatic heterocycles. The normalized spacial score (nSPS) is 10.5. The minimum atomic E-state index is -1.03. The lowest BCUT2D eigenvalue weighted by molar-refractivity contribution is -0.130. The molecule has 1 amide bonds. The molecule has 24 heavy (non-hydrogen) atoms. The monoisotopic (exact) mass is 331 g/mol. The lowest BCUT2D eigenvalue weighted by Crippen LogP contribution is -2.26. The van der Waals surface area contributed by atoms with E-state index in [0.29, 0.717) is 24.4 Å². The summed E-state index contributed by atoms with van der Waals surface area (Å²) in [6, 6.07) is 9.06. The average Bonchev–Trinajstić information content (AvgIpc) is 2.93. The van der Waals surface area contributed by atoms with Gasteiger partial charge in [-0.3, -0.25) is 4.79 Å². The number of hydrogen-bond donors (Lipinski definition) is 1. The van der Waals surface area contributed by atoms with E-state index in [0.717, 1.165) is 11.3 Å². The molecule has 0 atom stereocenters. The highest BCUT2D eigenvalue weighted by Crippen LogP contribution is 2.17. The summed E-state index contributed by atoms with van der Waals surface area (Å²) in [5.41, 5.74) is 1.15. The second-order valence-corrected chi connectivity index (χ2v) is 5.59. The Morgan fingerprint density at radius 1 is 1.29 bits per heavy atom. The summed E-state index contributed by atoms with van der Waals surface area (Å²) >= 11 is 0. The van der Waals surface area contributed by atoms with Crippen LogP contribution in [-0.4, -0.2) is 36.0 Å². The summed E-state index contributed by atoms with van der Waals surface area (Å²) in [4.78, 5) is 24.8. The maximum atomic E-state index is 12.2. The Balaban J connectivity index is 1.92. The predicted molar refractivity (Wildman–Crippen MR) is 88.2 cm³/mol. The Morgan fingerprint density at radius 3 is 2.67 bits per heavy atom. The Hall–Kier alpha value is -2.76. The quantitative estimate of drug-likeness (QED) is 0.844. The van der Waals surface area contributed by atoms with Gasteiger partial charge < -0.3 is 19.2 Å². The molecule has 128 valence electrons. The largest absolute Gasteiger partial charge is 0.497 e. The van der Waals surface area contributed by atoms with Crippen LogP contribution in [0.25, 0.3) is 0 Å². The average molecular weight is 331 g/mol. The highest BCUT2D eigenvalue weighted by Gasteiger charge is 2.16. The first kappa shape index (κ1) is 17.6. The zero-order valence-corrected chi connectivity index (χ0v) is 14.0. The number of furan rings is 1. The highest BCUT2D eigenvalue weighted by atomic mass is 16.5. The van der Waals surface area contributed by atoms with Gasteiger partial charge in [0.25, 0.3) is 0 Å². The number of nitrogens with zero attached hydrogens (tertiary/aromatic N) is 1. The second kappa shape index (κ2) is 7.68. The third-order valence-electron chi connectivity index (χ3n) is 3.78. The van der Waals surface area contributed by atoms with E-state index in [1.165, 1.54) is 11.0 Å². The molecule has 1 heterocycles. The highest BCUT2D eigenvalue weighted by molar-refractivity contribution is 5.88. The first-order valence-electron chi connectivity index (χ1n) is 7.60. The Labute approximate surface area is 140 Å². The second-order valence-electron chi connectivity index (χ2n) is 5.59. The molecular weight excluding hydrogens is 310 g/mol. The maximum absolute atomic E-state index is 12.2. The van der Waals surface area contributed by atoms with Crippen LogP contribution in [0.15, 0.2) is 34.7 Å². The van der Waals surface area contributed by atoms with E-state index < -0.39 is 5.97 Å². The fraction of sp³-hybridized carbons (Fsp3) is 0.333. The van der Waals surface area contributed by atoms with Crippen molar-refractivity contribution in [2.45, 2.75) is 26.3 Å². The molecule has 2 aromatic rings. The lowest BCUT2D eigenvalue weighted by atomic mass is 10.1. The number of benzene rings is 1. The van der Waals surface area contributed by atoms with Gasteiger partial charge in [-0.15, -0.1) is 0 Å². The van der Waals surface area contributed by atoms with E-state index in [9.17, 15) is 9.59 Å². The first-order valence-corrected chi connectivity index (χ1v) is 7.60. The molecule has 0 radical (unpaired) electrons. The van der Waals surface area contributed by atoms with Crippen LogP contribution < -0.4 is 4.74 Å². The molecule has 0 aliphatic rings. The number of hydrogen-bond acceptors (Lipinski definition) is 4. The number of aryl methyl sites for hydroxylation is 2. The summed E-state index contributed by atoms with van der Waals surface area (Å²) in [7, 11) is 3.28. The van der Waals surface area contributed by atoms with Crippen LogP contribution in [-0.2, 0) is 17.8 Å². The van der Waals surface area contributed by atoms with Crippen LogP contribution in [0.2, 0.25) is 0 Å². The van der Waals surface area contributed by atoms with Gasteiger partial charge in [0, 0.05) is 13.5 Å². The molecule has 0 saturated carbocycles. The number of aromatic carboxylic acids is 1. The van der Waals surface area contributed by atoms with Gasteiger partial charge in [-0.05, 0) is 37.1 Å². The number of carboxylic acid groups (broad SMARTS) is 1. The molecule has 0 aliphatic heterocycles. The van der Waals surface area contributed by atoms with Crippen molar-refractivity contribution in [1.82, 2.24) is 4.90 Å². The van der Waals surface area contributed by atoms with Gasteiger partial charge in [0.1, 0.15) is 22.8 Å². The van der Waals surface area contributed by atoms with Gasteiger partial charge in [0.05, 0.1) is 13.7 Å². The van der Waals surface area contributed by atoms with Crippen molar-refractivity contribution < 1.29 is 23.8 Å². The van der Waals surface area contributed by atoms with Gasteiger partial charge in [0.15, 0.2) is 0 Å². The number of amides is 1. The molecular formula is C18H21NO5. The van der Waals surface area contributed by atoms with Gasteiger partial charge in [0.2, 0.25) is 5.91 Å². The predicted octanol–water partition coefficient (Wildman–Crippen LogP) is 2.89. The van der Waals surface area contributed by atoms with E-state index in [1.54, 1.807) is 21.1 Å². The summed E-state index contributed by atoms with van der Waals surface area (Å²) in [6.07, 6.45) is 0.965. The number of methoxy groups -OCH3 is 1. The minimum absolute atomic E-state index is 0.0382. The zero-order chi connectivity index (χ0) is 17.7. The van der Waals surface area contributed by atoms with Crippen LogP contribution in [0.4, 0.5) is 0 Å². The van der Waals surface area contributed by atoms with E-state index >= 15 is 0 Å². The van der Waals surface area contributed by atoms with Gasteiger partial charge >= 0.3 is 5.97 Å². The summed E-state index contributed by atoms with van der Waals surface area (Å²) in [5, 5.41) is 9.02. The number of carbonyl (C=O) groups is 2. The van der Waals surface area contributed by atoms with E-state index in [4.69, 9.17) is 14.3 Å². The van der Waals surface area contributed by atoms with E-state index in [1.807, 2.05) is 24.3 Å². The van der Waals surface area contributed by atoms with Crippen LogP contribution >= 0.6 is 0 Å². The third kappa shape index (κ3) is 4.38.